The zero-order valence-electron chi connectivity index (χ0n) is 9.92. The molecule has 5 nitrogen and oxygen atoms in total. The van der Waals surface area contributed by atoms with E-state index >= 15 is 0 Å². The van der Waals surface area contributed by atoms with E-state index in [1.807, 2.05) is 0 Å². The fraction of sp³-hybridized carbons (Fsp3) is 0.0833. The number of benzene rings is 1. The van der Waals surface area contributed by atoms with Gasteiger partial charge in [-0.05, 0) is 6.07 Å². The van der Waals surface area contributed by atoms with Gasteiger partial charge in [-0.25, -0.2) is 18.7 Å². The zero-order chi connectivity index (χ0) is 14.3. The summed E-state index contributed by atoms with van der Waals surface area (Å²) in [5, 5.41) is 1.72. The van der Waals surface area contributed by atoms with Gasteiger partial charge in [0.1, 0.15) is 6.33 Å². The molecule has 2 heterocycles. The molecule has 0 aliphatic rings. The number of hydrogen-bond acceptors (Lipinski definition) is 4. The monoisotopic (exact) mass is 294 g/mol. The third-order valence-corrected chi connectivity index (χ3v) is 3.39. The van der Waals surface area contributed by atoms with Crippen molar-refractivity contribution < 1.29 is 8.78 Å². The molecular formula is C12H8F2N4OS. The molecule has 3 rings (SSSR count). The highest BCUT2D eigenvalue weighted by Crippen LogP contribution is 2.29. The average molecular weight is 294 g/mol. The summed E-state index contributed by atoms with van der Waals surface area (Å²) >= 11 is 4.22. The van der Waals surface area contributed by atoms with Crippen molar-refractivity contribution >= 4 is 18.4 Å². The Labute approximate surface area is 116 Å². The summed E-state index contributed by atoms with van der Waals surface area (Å²) in [4.78, 5) is 19.7. The Morgan fingerprint density at radius 3 is 2.95 bits per heavy atom. The van der Waals surface area contributed by atoms with Gasteiger partial charge in [0.05, 0.1) is 10.9 Å². The lowest BCUT2D eigenvalue weighted by Gasteiger charge is -2.11. The quantitative estimate of drug-likeness (QED) is 0.707. The Morgan fingerprint density at radius 2 is 2.15 bits per heavy atom. The number of rotatable bonds is 2. The lowest BCUT2D eigenvalue weighted by Crippen LogP contribution is -2.17. The molecule has 1 N–H and O–H groups in total. The molecule has 0 radical (unpaired) electrons. The van der Waals surface area contributed by atoms with E-state index in [4.69, 9.17) is 0 Å². The van der Waals surface area contributed by atoms with Gasteiger partial charge < -0.3 is 0 Å². The van der Waals surface area contributed by atoms with Crippen LogP contribution in [0.2, 0.25) is 0 Å². The van der Waals surface area contributed by atoms with Gasteiger partial charge in [0.2, 0.25) is 0 Å². The van der Waals surface area contributed by atoms with Gasteiger partial charge in [0, 0.05) is 11.6 Å². The molecule has 0 aliphatic carbocycles. The van der Waals surface area contributed by atoms with E-state index in [9.17, 15) is 13.6 Å². The minimum absolute atomic E-state index is 0.0140. The summed E-state index contributed by atoms with van der Waals surface area (Å²) in [5.74, 6) is -1.83. The van der Waals surface area contributed by atoms with Gasteiger partial charge in [-0.3, -0.25) is 9.89 Å². The minimum atomic E-state index is -1.00. The number of fused-ring (bicyclic) bond motifs is 1. The van der Waals surface area contributed by atoms with E-state index in [2.05, 4.69) is 27.7 Å². The number of thiol groups is 1. The van der Waals surface area contributed by atoms with E-state index in [1.54, 1.807) is 0 Å². The second-order valence-electron chi connectivity index (χ2n) is 4.09. The molecule has 1 unspecified atom stereocenters. The first-order valence-electron chi connectivity index (χ1n) is 5.63. The first kappa shape index (κ1) is 12.8. The Kier molecular flexibility index (Phi) is 3.01. The number of halogens is 2. The highest BCUT2D eigenvalue weighted by molar-refractivity contribution is 7.80. The highest BCUT2D eigenvalue weighted by Gasteiger charge is 2.19. The second kappa shape index (κ2) is 4.71. The third kappa shape index (κ3) is 1.97. The predicted molar refractivity (Wildman–Crippen MR) is 70.8 cm³/mol. The summed E-state index contributed by atoms with van der Waals surface area (Å²) in [6.45, 7) is 0. The first-order valence-corrected chi connectivity index (χ1v) is 6.14. The van der Waals surface area contributed by atoms with Gasteiger partial charge in [0.25, 0.3) is 11.3 Å². The molecule has 20 heavy (non-hydrogen) atoms. The molecule has 0 saturated carbocycles. The smallest absolute Gasteiger partial charge is 0.274 e. The Hall–Kier alpha value is -2.22. The van der Waals surface area contributed by atoms with Crippen molar-refractivity contribution in [2.24, 2.45) is 0 Å². The third-order valence-electron chi connectivity index (χ3n) is 2.84. The number of nitrogens with one attached hydrogen (secondary N) is 1. The molecule has 0 fully saturated rings. The van der Waals surface area contributed by atoms with E-state index in [0.717, 1.165) is 10.6 Å². The Balaban J connectivity index is 2.14. The van der Waals surface area contributed by atoms with Crippen molar-refractivity contribution in [1.29, 1.82) is 0 Å². The lowest BCUT2D eigenvalue weighted by molar-refractivity contribution is 0.500. The van der Waals surface area contributed by atoms with Gasteiger partial charge in [-0.2, -0.15) is 17.1 Å². The van der Waals surface area contributed by atoms with Crippen LogP contribution in [0.3, 0.4) is 0 Å². The van der Waals surface area contributed by atoms with Crippen LogP contribution in [-0.2, 0) is 0 Å². The Bertz CT molecular complexity index is 845. The van der Waals surface area contributed by atoms with Gasteiger partial charge in [0.15, 0.2) is 11.6 Å². The topological polar surface area (TPSA) is 63.0 Å². The second-order valence-corrected chi connectivity index (χ2v) is 4.60. The molecule has 3 aromatic rings. The minimum Gasteiger partial charge on any atom is -0.278 e. The van der Waals surface area contributed by atoms with Crippen molar-refractivity contribution in [3.05, 3.63) is 63.8 Å². The summed E-state index contributed by atoms with van der Waals surface area (Å²) in [7, 11) is 0. The average Bonchev–Trinajstić information content (AvgIpc) is 2.90. The van der Waals surface area contributed by atoms with E-state index in [1.165, 1.54) is 24.5 Å². The summed E-state index contributed by atoms with van der Waals surface area (Å²) in [6.07, 6.45) is 1.31. The van der Waals surface area contributed by atoms with Crippen molar-refractivity contribution in [2.75, 3.05) is 0 Å². The number of aromatic nitrogens is 4. The van der Waals surface area contributed by atoms with Crippen LogP contribution in [0.25, 0.3) is 5.78 Å². The molecule has 0 saturated heterocycles. The first-order chi connectivity index (χ1) is 9.58. The molecule has 0 spiro atoms. The van der Waals surface area contributed by atoms with Crippen LogP contribution in [0.4, 0.5) is 8.78 Å². The van der Waals surface area contributed by atoms with Crippen LogP contribution in [0.5, 0.6) is 0 Å². The van der Waals surface area contributed by atoms with Crippen LogP contribution in [0.15, 0.2) is 35.4 Å². The summed E-state index contributed by atoms with van der Waals surface area (Å²) in [5.41, 5.74) is -0.187. The lowest BCUT2D eigenvalue weighted by atomic mass is 10.1. The SMILES string of the molecule is O=c1cc(C(S)c2cccc(F)c2F)nc2nc[nH]n12. The fourth-order valence-electron chi connectivity index (χ4n) is 1.87. The molecule has 1 atom stereocenters. The number of aromatic amines is 1. The van der Waals surface area contributed by atoms with Crippen molar-refractivity contribution in [3.63, 3.8) is 0 Å². The molecule has 0 bridgehead atoms. The van der Waals surface area contributed by atoms with E-state index in [-0.39, 0.29) is 17.0 Å². The van der Waals surface area contributed by atoms with E-state index < -0.39 is 22.4 Å². The van der Waals surface area contributed by atoms with Crippen LogP contribution < -0.4 is 5.56 Å². The normalized spacial score (nSPS) is 12.8. The molecule has 0 aliphatic heterocycles. The summed E-state index contributed by atoms with van der Waals surface area (Å²) < 4.78 is 28.1. The van der Waals surface area contributed by atoms with Crippen molar-refractivity contribution in [2.45, 2.75) is 5.25 Å². The van der Waals surface area contributed by atoms with Crippen LogP contribution in [0.1, 0.15) is 16.5 Å². The molecule has 2 aromatic heterocycles. The van der Waals surface area contributed by atoms with Gasteiger partial charge in [-0.15, -0.1) is 0 Å². The summed E-state index contributed by atoms with van der Waals surface area (Å²) in [6, 6.07) is 4.98. The Morgan fingerprint density at radius 1 is 1.35 bits per heavy atom. The van der Waals surface area contributed by atoms with Crippen LogP contribution in [0, 0.1) is 11.6 Å². The van der Waals surface area contributed by atoms with Crippen LogP contribution in [-0.4, -0.2) is 19.6 Å². The van der Waals surface area contributed by atoms with E-state index in [0.29, 0.717) is 0 Å². The molecule has 1 aromatic carbocycles. The highest BCUT2D eigenvalue weighted by atomic mass is 32.1. The fourth-order valence-corrected chi connectivity index (χ4v) is 2.20. The zero-order valence-corrected chi connectivity index (χ0v) is 10.8. The van der Waals surface area contributed by atoms with Gasteiger partial charge >= 0.3 is 0 Å². The number of hydrogen-bond donors (Lipinski definition) is 2. The standard InChI is InChI=1S/C12H8F2N4OS/c13-7-3-1-2-6(10(7)14)11(20)8-4-9(19)18-12(17-8)15-5-16-18/h1-5,11,20H,(H,15,16,17). The molecular weight excluding hydrogens is 286 g/mol. The van der Waals surface area contributed by atoms with Crippen molar-refractivity contribution in [1.82, 2.24) is 19.6 Å². The number of nitrogens with zero attached hydrogens (tertiary/aromatic N) is 3. The van der Waals surface area contributed by atoms with Crippen LogP contribution >= 0.6 is 12.6 Å². The maximum Gasteiger partial charge on any atom is 0.274 e. The largest absolute Gasteiger partial charge is 0.278 e. The predicted octanol–water partition coefficient (Wildman–Crippen LogP) is 1.71. The molecule has 0 amide bonds. The van der Waals surface area contributed by atoms with Crippen molar-refractivity contribution in [3.8, 4) is 0 Å². The molecule has 102 valence electrons. The maximum atomic E-state index is 13.7. The maximum absolute atomic E-state index is 13.7. The number of H-pyrrole nitrogens is 1. The van der Waals surface area contributed by atoms with Gasteiger partial charge in [-0.1, -0.05) is 12.1 Å². The molecule has 8 heteroatoms.